The van der Waals surface area contributed by atoms with Crippen molar-refractivity contribution in [2.45, 2.75) is 19.3 Å². The van der Waals surface area contributed by atoms with E-state index in [1.165, 1.54) is 23.7 Å². The summed E-state index contributed by atoms with van der Waals surface area (Å²) in [6, 6.07) is 7.17. The van der Waals surface area contributed by atoms with Crippen molar-refractivity contribution in [2.75, 3.05) is 17.4 Å². The molecular formula is C18H18F3N9. The minimum Gasteiger partial charge on any atom is -0.385 e. The van der Waals surface area contributed by atoms with E-state index in [2.05, 4.69) is 25.5 Å². The minimum absolute atomic E-state index is 0.328. The number of pyridine rings is 2. The van der Waals surface area contributed by atoms with E-state index in [4.69, 9.17) is 5.84 Å². The van der Waals surface area contributed by atoms with Crippen LogP contribution in [0.4, 0.5) is 24.7 Å². The second-order valence-electron chi connectivity index (χ2n) is 6.59. The number of alkyl halides is 3. The van der Waals surface area contributed by atoms with Gasteiger partial charge in [-0.25, -0.2) is 20.3 Å². The van der Waals surface area contributed by atoms with Gasteiger partial charge < -0.3 is 5.32 Å². The molecule has 0 aliphatic heterocycles. The Morgan fingerprint density at radius 1 is 1.13 bits per heavy atom. The number of aromatic nitrogens is 6. The molecular weight excluding hydrogens is 399 g/mol. The lowest BCUT2D eigenvalue weighted by Crippen LogP contribution is -2.31. The lowest BCUT2D eigenvalue weighted by molar-refractivity contribution is -0.142. The number of nitrogens with one attached hydrogen (secondary N) is 1. The summed E-state index contributed by atoms with van der Waals surface area (Å²) < 4.78 is 40.2. The molecule has 4 aromatic heterocycles. The van der Waals surface area contributed by atoms with Gasteiger partial charge in [-0.3, -0.25) is 9.69 Å². The molecule has 30 heavy (non-hydrogen) atoms. The second-order valence-corrected chi connectivity index (χ2v) is 6.59. The van der Waals surface area contributed by atoms with Crippen molar-refractivity contribution in [3.63, 3.8) is 0 Å². The number of hydrogen-bond acceptors (Lipinski definition) is 7. The van der Waals surface area contributed by atoms with Crippen molar-refractivity contribution in [2.24, 2.45) is 5.84 Å². The van der Waals surface area contributed by atoms with Crippen molar-refractivity contribution in [1.29, 1.82) is 0 Å². The number of fused-ring (bicyclic) bond motifs is 1. The first kappa shape index (κ1) is 19.6. The molecule has 0 saturated carbocycles. The summed E-state index contributed by atoms with van der Waals surface area (Å²) in [6.45, 7) is -0.837. The Kier molecular flexibility index (Phi) is 4.99. The number of rotatable bonds is 6. The first-order chi connectivity index (χ1) is 14.3. The van der Waals surface area contributed by atoms with Gasteiger partial charge in [-0.2, -0.15) is 23.4 Å². The molecule has 0 fully saturated rings. The minimum atomic E-state index is -4.35. The highest BCUT2D eigenvalue weighted by Crippen LogP contribution is 2.28. The summed E-state index contributed by atoms with van der Waals surface area (Å²) in [7, 11) is 1.73. The summed E-state index contributed by atoms with van der Waals surface area (Å²) in [5.41, 5.74) is 3.18. The van der Waals surface area contributed by atoms with Gasteiger partial charge in [0.05, 0.1) is 24.1 Å². The molecule has 0 aliphatic rings. The Labute approximate surface area is 168 Å². The first-order valence-electron chi connectivity index (χ1n) is 8.91. The Hall–Kier alpha value is -3.67. The molecule has 4 aromatic rings. The summed E-state index contributed by atoms with van der Waals surface area (Å²) in [5, 5.41) is 12.3. The van der Waals surface area contributed by atoms with Gasteiger partial charge >= 0.3 is 6.18 Å². The number of nitrogens with two attached hydrogens (primary N) is 1. The predicted octanol–water partition coefficient (Wildman–Crippen LogP) is 2.47. The predicted molar refractivity (Wildman–Crippen MR) is 104 cm³/mol. The van der Waals surface area contributed by atoms with Crippen LogP contribution in [-0.2, 0) is 13.1 Å². The van der Waals surface area contributed by atoms with E-state index in [1.54, 1.807) is 23.7 Å². The molecule has 0 spiro atoms. The lowest BCUT2D eigenvalue weighted by Gasteiger charge is -2.21. The van der Waals surface area contributed by atoms with Gasteiger partial charge in [0, 0.05) is 25.0 Å². The summed E-state index contributed by atoms with van der Waals surface area (Å²) in [4.78, 5) is 8.64. The van der Waals surface area contributed by atoms with E-state index < -0.39 is 12.7 Å². The monoisotopic (exact) mass is 417 g/mol. The number of halogens is 3. The van der Waals surface area contributed by atoms with E-state index in [0.717, 1.165) is 10.2 Å². The van der Waals surface area contributed by atoms with Crippen molar-refractivity contribution in [3.05, 3.63) is 54.7 Å². The second kappa shape index (κ2) is 7.63. The zero-order chi connectivity index (χ0) is 21.3. The summed E-state index contributed by atoms with van der Waals surface area (Å²) in [5.74, 6) is 6.72. The molecule has 3 N–H and O–H groups in total. The smallest absolute Gasteiger partial charge is 0.385 e. The standard InChI is InChI=1S/C18H18F3N9/c1-23-15-4-3-14(13-6-25-28(9-13)10-18(19,20)21)27-17(15)29(22)7-12-2-5-16-24-11-26-30(16)8-12/h2-6,8-9,11,23H,7,10,22H2,1H3. The lowest BCUT2D eigenvalue weighted by atomic mass is 10.2. The van der Waals surface area contributed by atoms with Crippen molar-refractivity contribution in [1.82, 2.24) is 29.4 Å². The maximum absolute atomic E-state index is 12.6. The zero-order valence-electron chi connectivity index (χ0n) is 15.9. The molecule has 4 heterocycles. The number of hydrazine groups is 1. The average molecular weight is 417 g/mol. The van der Waals surface area contributed by atoms with E-state index >= 15 is 0 Å². The Morgan fingerprint density at radius 3 is 2.73 bits per heavy atom. The quantitative estimate of drug-likeness (QED) is 0.367. The highest BCUT2D eigenvalue weighted by Gasteiger charge is 2.28. The SMILES string of the molecule is CNc1ccc(-c2cnn(CC(F)(F)F)c2)nc1N(N)Cc1ccc2ncnn2c1. The molecule has 0 saturated heterocycles. The third-order valence-corrected chi connectivity index (χ3v) is 4.38. The third-order valence-electron chi connectivity index (χ3n) is 4.38. The van der Waals surface area contributed by atoms with Gasteiger partial charge in [0.25, 0.3) is 0 Å². The number of nitrogens with zero attached hydrogens (tertiary/aromatic N) is 7. The highest BCUT2D eigenvalue weighted by atomic mass is 19.4. The van der Waals surface area contributed by atoms with Crippen LogP contribution in [0.3, 0.4) is 0 Å². The first-order valence-corrected chi connectivity index (χ1v) is 8.91. The Morgan fingerprint density at radius 2 is 1.97 bits per heavy atom. The molecule has 0 radical (unpaired) electrons. The van der Waals surface area contributed by atoms with E-state index in [9.17, 15) is 13.2 Å². The fourth-order valence-electron chi connectivity index (χ4n) is 3.01. The summed E-state index contributed by atoms with van der Waals surface area (Å²) >= 11 is 0. The van der Waals surface area contributed by atoms with E-state index in [-0.39, 0.29) is 0 Å². The molecule has 4 rings (SSSR count). The topological polar surface area (TPSA) is 102 Å². The highest BCUT2D eigenvalue weighted by molar-refractivity contribution is 5.70. The van der Waals surface area contributed by atoms with Crippen LogP contribution in [0.5, 0.6) is 0 Å². The molecule has 0 aromatic carbocycles. The molecule has 0 bridgehead atoms. The van der Waals surface area contributed by atoms with Crippen LogP contribution < -0.4 is 16.2 Å². The van der Waals surface area contributed by atoms with E-state index in [1.807, 2.05) is 18.3 Å². The fraction of sp³-hybridized carbons (Fsp3) is 0.222. The maximum Gasteiger partial charge on any atom is 0.408 e. The molecule has 0 aliphatic carbocycles. The van der Waals surface area contributed by atoms with Gasteiger partial charge in [-0.15, -0.1) is 0 Å². The summed E-state index contributed by atoms with van der Waals surface area (Å²) in [6.07, 6.45) is 1.57. The molecule has 0 unspecified atom stereocenters. The third kappa shape index (κ3) is 4.17. The van der Waals surface area contributed by atoms with Gasteiger partial charge in [0.1, 0.15) is 12.9 Å². The Bertz CT molecular complexity index is 1170. The zero-order valence-corrected chi connectivity index (χ0v) is 15.9. The molecule has 9 nitrogen and oxygen atoms in total. The van der Waals surface area contributed by atoms with Gasteiger partial charge in [-0.1, -0.05) is 6.07 Å². The van der Waals surface area contributed by atoms with Gasteiger partial charge in [0.15, 0.2) is 11.5 Å². The van der Waals surface area contributed by atoms with Crippen molar-refractivity contribution in [3.8, 4) is 11.3 Å². The van der Waals surface area contributed by atoms with Crippen molar-refractivity contribution >= 4 is 17.2 Å². The van der Waals surface area contributed by atoms with Crippen LogP contribution in [0.1, 0.15) is 5.56 Å². The van der Waals surface area contributed by atoms with Crippen LogP contribution in [0.25, 0.3) is 16.9 Å². The number of hydrogen-bond donors (Lipinski definition) is 2. The van der Waals surface area contributed by atoms with Crippen LogP contribution >= 0.6 is 0 Å². The Balaban J connectivity index is 1.60. The average Bonchev–Trinajstić information content (AvgIpc) is 3.35. The van der Waals surface area contributed by atoms with Crippen LogP contribution in [0.2, 0.25) is 0 Å². The number of anilines is 2. The van der Waals surface area contributed by atoms with Crippen LogP contribution in [-0.4, -0.2) is 42.6 Å². The fourth-order valence-corrected chi connectivity index (χ4v) is 3.01. The van der Waals surface area contributed by atoms with Crippen LogP contribution in [0, 0.1) is 0 Å². The molecule has 156 valence electrons. The molecule has 12 heteroatoms. The van der Waals surface area contributed by atoms with E-state index in [0.29, 0.717) is 35.0 Å². The molecule has 0 amide bonds. The largest absolute Gasteiger partial charge is 0.408 e. The van der Waals surface area contributed by atoms with Crippen LogP contribution in [0.15, 0.2) is 49.2 Å². The maximum atomic E-state index is 12.6. The van der Waals surface area contributed by atoms with Gasteiger partial charge in [0.2, 0.25) is 0 Å². The normalized spacial score (nSPS) is 11.8. The van der Waals surface area contributed by atoms with Gasteiger partial charge in [-0.05, 0) is 23.8 Å². The molecule has 0 atom stereocenters. The van der Waals surface area contributed by atoms with Crippen molar-refractivity contribution < 1.29 is 13.2 Å².